The molecule has 28 heavy (non-hydrogen) atoms. The summed E-state index contributed by atoms with van der Waals surface area (Å²) in [5.41, 5.74) is 3.21. The Kier molecular flexibility index (Phi) is 5.48. The maximum absolute atomic E-state index is 13.1. The smallest absolute Gasteiger partial charge is 0.255 e. The lowest BCUT2D eigenvalue weighted by atomic mass is 9.89. The number of amides is 1. The molecule has 0 bridgehead atoms. The molecule has 0 unspecified atom stereocenters. The number of H-pyrrole nitrogens is 1. The van der Waals surface area contributed by atoms with Crippen molar-refractivity contribution in [3.8, 4) is 11.5 Å². The zero-order valence-corrected chi connectivity index (χ0v) is 18.2. The first kappa shape index (κ1) is 19.1. The van der Waals surface area contributed by atoms with Crippen LogP contribution in [-0.2, 0) is 0 Å². The number of hydrogen-bond acceptors (Lipinski definition) is 3. The number of aromatic nitrogens is 1. The lowest BCUT2D eigenvalue weighted by Gasteiger charge is -2.32. The van der Waals surface area contributed by atoms with Crippen LogP contribution in [0.4, 0.5) is 0 Å². The topological polar surface area (TPSA) is 54.6 Å². The molecule has 1 aliphatic heterocycles. The van der Waals surface area contributed by atoms with Gasteiger partial charge in [-0.3, -0.25) is 4.79 Å². The van der Waals surface area contributed by atoms with Crippen LogP contribution in [0.1, 0.15) is 34.7 Å². The Morgan fingerprint density at radius 1 is 1.11 bits per heavy atom. The molecule has 1 N–H and O–H groups in total. The summed E-state index contributed by atoms with van der Waals surface area (Å²) in [5, 5.41) is 1.29. The van der Waals surface area contributed by atoms with Crippen LogP contribution < -0.4 is 9.47 Å². The number of aromatic amines is 1. The Bertz CT molecular complexity index is 1010. The van der Waals surface area contributed by atoms with E-state index in [0.717, 1.165) is 29.5 Å². The number of carbonyl (C=O) groups is 1. The van der Waals surface area contributed by atoms with Gasteiger partial charge in [0, 0.05) is 33.8 Å². The molecule has 1 aliphatic rings. The number of nitrogens with one attached hydrogen (secondary N) is 1. The van der Waals surface area contributed by atoms with E-state index in [2.05, 4.69) is 58.0 Å². The third-order valence-corrected chi connectivity index (χ3v) is 6.44. The van der Waals surface area contributed by atoms with Crippen LogP contribution in [0.15, 0.2) is 42.6 Å². The molecular formula is C22H23IN2O3. The molecule has 3 aromatic rings. The molecule has 1 saturated heterocycles. The molecule has 0 atom stereocenters. The van der Waals surface area contributed by atoms with E-state index in [1.54, 1.807) is 20.3 Å². The molecule has 5 nitrogen and oxygen atoms in total. The summed E-state index contributed by atoms with van der Waals surface area (Å²) >= 11 is 2.19. The summed E-state index contributed by atoms with van der Waals surface area (Å²) in [6, 6.07) is 12.0. The summed E-state index contributed by atoms with van der Waals surface area (Å²) in [7, 11) is 3.19. The van der Waals surface area contributed by atoms with Gasteiger partial charge in [-0.15, -0.1) is 0 Å². The minimum atomic E-state index is 0.0581. The number of fused-ring (bicyclic) bond motifs is 1. The fourth-order valence-corrected chi connectivity index (χ4v) is 4.68. The van der Waals surface area contributed by atoms with Crippen molar-refractivity contribution >= 4 is 39.4 Å². The molecule has 1 fully saturated rings. The highest BCUT2D eigenvalue weighted by Crippen LogP contribution is 2.35. The molecule has 0 radical (unpaired) electrons. The summed E-state index contributed by atoms with van der Waals surface area (Å²) in [6.45, 7) is 1.51. The first-order chi connectivity index (χ1) is 13.6. The SMILES string of the molecule is COc1cc(I)c(C(=O)N2CCC(c3c[nH]c4ccccc34)CC2)cc1OC. The highest BCUT2D eigenvalue weighted by atomic mass is 127. The van der Waals surface area contributed by atoms with Crippen LogP contribution in [0.3, 0.4) is 0 Å². The first-order valence-electron chi connectivity index (χ1n) is 9.39. The molecule has 6 heteroatoms. The Balaban J connectivity index is 1.50. The van der Waals surface area contributed by atoms with E-state index >= 15 is 0 Å². The third kappa shape index (κ3) is 3.45. The van der Waals surface area contributed by atoms with Gasteiger partial charge < -0.3 is 19.4 Å². The fourth-order valence-electron chi connectivity index (χ4n) is 4.01. The third-order valence-electron chi connectivity index (χ3n) is 5.55. The molecule has 0 spiro atoms. The molecule has 0 aliphatic carbocycles. The molecule has 2 heterocycles. The standard InChI is InChI=1S/C22H23IN2O3/c1-27-20-11-16(18(23)12-21(20)28-2)22(26)25-9-7-14(8-10-25)17-13-24-19-6-4-3-5-15(17)19/h3-6,11-14,24H,7-10H2,1-2H3. The average molecular weight is 490 g/mol. The highest BCUT2D eigenvalue weighted by molar-refractivity contribution is 14.1. The van der Waals surface area contributed by atoms with Crippen molar-refractivity contribution in [2.24, 2.45) is 0 Å². The van der Waals surface area contributed by atoms with Gasteiger partial charge in [-0.05, 0) is 65.1 Å². The van der Waals surface area contributed by atoms with Gasteiger partial charge in [0.15, 0.2) is 11.5 Å². The van der Waals surface area contributed by atoms with Gasteiger partial charge in [-0.2, -0.15) is 0 Å². The number of benzene rings is 2. The predicted molar refractivity (Wildman–Crippen MR) is 118 cm³/mol. The van der Waals surface area contributed by atoms with E-state index < -0.39 is 0 Å². The Labute approximate surface area is 178 Å². The van der Waals surface area contributed by atoms with Crippen molar-refractivity contribution in [2.45, 2.75) is 18.8 Å². The van der Waals surface area contributed by atoms with E-state index in [9.17, 15) is 4.79 Å². The van der Waals surface area contributed by atoms with Crippen LogP contribution in [0.5, 0.6) is 11.5 Å². The minimum absolute atomic E-state index is 0.0581. The second-order valence-electron chi connectivity index (χ2n) is 7.04. The zero-order chi connectivity index (χ0) is 19.7. The molecule has 4 rings (SSSR count). The number of piperidine rings is 1. The van der Waals surface area contributed by atoms with Crippen molar-refractivity contribution < 1.29 is 14.3 Å². The van der Waals surface area contributed by atoms with Gasteiger partial charge in [0.05, 0.1) is 19.8 Å². The molecule has 2 aromatic carbocycles. The second kappa shape index (κ2) is 8.03. The number of carbonyl (C=O) groups excluding carboxylic acids is 1. The lowest BCUT2D eigenvalue weighted by Crippen LogP contribution is -2.38. The van der Waals surface area contributed by atoms with Crippen molar-refractivity contribution in [2.75, 3.05) is 27.3 Å². The van der Waals surface area contributed by atoms with Crippen molar-refractivity contribution in [1.29, 1.82) is 0 Å². The quantitative estimate of drug-likeness (QED) is 0.535. The van der Waals surface area contributed by atoms with Crippen molar-refractivity contribution in [1.82, 2.24) is 9.88 Å². The molecule has 146 valence electrons. The summed E-state index contributed by atoms with van der Waals surface area (Å²) in [4.78, 5) is 18.4. The van der Waals surface area contributed by atoms with E-state index in [1.807, 2.05) is 11.0 Å². The van der Waals surface area contributed by atoms with Crippen LogP contribution in [0.25, 0.3) is 10.9 Å². The van der Waals surface area contributed by atoms with Gasteiger partial charge >= 0.3 is 0 Å². The first-order valence-corrected chi connectivity index (χ1v) is 10.5. The van der Waals surface area contributed by atoms with Gasteiger partial charge in [-0.1, -0.05) is 18.2 Å². The molecular weight excluding hydrogens is 467 g/mol. The normalized spacial score (nSPS) is 15.0. The van der Waals surface area contributed by atoms with Gasteiger partial charge in [0.25, 0.3) is 5.91 Å². The number of halogens is 1. The Morgan fingerprint density at radius 2 is 1.79 bits per heavy atom. The van der Waals surface area contributed by atoms with E-state index in [4.69, 9.17) is 9.47 Å². The number of methoxy groups -OCH3 is 2. The summed E-state index contributed by atoms with van der Waals surface area (Å²) in [5.74, 6) is 1.76. The van der Waals surface area contributed by atoms with Crippen LogP contribution >= 0.6 is 22.6 Å². The van der Waals surface area contributed by atoms with Crippen LogP contribution in [0, 0.1) is 3.57 Å². The second-order valence-corrected chi connectivity index (χ2v) is 8.21. The van der Waals surface area contributed by atoms with Gasteiger partial charge in [0.1, 0.15) is 0 Å². The molecule has 0 saturated carbocycles. The van der Waals surface area contributed by atoms with E-state index in [0.29, 0.717) is 23.0 Å². The number of ether oxygens (including phenoxy) is 2. The number of nitrogens with zero attached hydrogens (tertiary/aromatic N) is 1. The molecule has 1 aromatic heterocycles. The summed E-state index contributed by atoms with van der Waals surface area (Å²) in [6.07, 6.45) is 4.07. The highest BCUT2D eigenvalue weighted by Gasteiger charge is 2.27. The van der Waals surface area contributed by atoms with Crippen molar-refractivity contribution in [3.05, 3.63) is 57.3 Å². The van der Waals surface area contributed by atoms with E-state index in [1.165, 1.54) is 16.5 Å². The average Bonchev–Trinajstić information content (AvgIpc) is 3.17. The fraction of sp³-hybridized carbons (Fsp3) is 0.318. The largest absolute Gasteiger partial charge is 0.493 e. The predicted octanol–water partition coefficient (Wildman–Crippen LogP) is 4.81. The van der Waals surface area contributed by atoms with Crippen molar-refractivity contribution in [3.63, 3.8) is 0 Å². The zero-order valence-electron chi connectivity index (χ0n) is 16.0. The Hall–Kier alpha value is -2.22. The number of rotatable bonds is 4. The van der Waals surface area contributed by atoms with Crippen LogP contribution in [0.2, 0.25) is 0 Å². The molecule has 1 amide bonds. The van der Waals surface area contributed by atoms with E-state index in [-0.39, 0.29) is 5.91 Å². The summed E-state index contributed by atoms with van der Waals surface area (Å²) < 4.78 is 11.6. The maximum atomic E-state index is 13.1. The number of hydrogen-bond donors (Lipinski definition) is 1. The number of para-hydroxylation sites is 1. The van der Waals surface area contributed by atoms with Crippen LogP contribution in [-0.4, -0.2) is 43.1 Å². The Morgan fingerprint density at radius 3 is 2.50 bits per heavy atom. The monoisotopic (exact) mass is 490 g/mol. The minimum Gasteiger partial charge on any atom is -0.493 e. The number of likely N-dealkylation sites (tertiary alicyclic amines) is 1. The maximum Gasteiger partial charge on any atom is 0.255 e. The lowest BCUT2D eigenvalue weighted by molar-refractivity contribution is 0.0712. The van der Waals surface area contributed by atoms with Gasteiger partial charge in [-0.25, -0.2) is 0 Å². The van der Waals surface area contributed by atoms with Gasteiger partial charge in [0.2, 0.25) is 0 Å².